The van der Waals surface area contributed by atoms with Gasteiger partial charge in [0.2, 0.25) is 5.91 Å². The van der Waals surface area contributed by atoms with Crippen molar-refractivity contribution in [2.45, 2.75) is 70.1 Å². The van der Waals surface area contributed by atoms with Crippen LogP contribution in [0, 0.1) is 0 Å². The summed E-state index contributed by atoms with van der Waals surface area (Å²) < 4.78 is 2.25. The van der Waals surface area contributed by atoms with E-state index >= 15 is 0 Å². The fourth-order valence-corrected chi connectivity index (χ4v) is 5.97. The maximum absolute atomic E-state index is 12.6. The zero-order chi connectivity index (χ0) is 27.8. The van der Waals surface area contributed by atoms with E-state index in [-0.39, 0.29) is 11.9 Å². The normalized spacial score (nSPS) is 16.9. The molecule has 2 unspecified atom stereocenters. The third-order valence-electron chi connectivity index (χ3n) is 8.31. The van der Waals surface area contributed by atoms with Gasteiger partial charge in [-0.2, -0.15) is 0 Å². The smallest absolute Gasteiger partial charge is 0.237 e. The number of likely N-dealkylation sites (tertiary alicyclic amines) is 1. The van der Waals surface area contributed by atoms with Crippen molar-refractivity contribution in [3.8, 4) is 0 Å². The molecule has 0 saturated carbocycles. The molecule has 2 aromatic carbocycles. The lowest BCUT2D eigenvalue weighted by Gasteiger charge is -2.35. The van der Waals surface area contributed by atoms with Crippen molar-refractivity contribution in [3.63, 3.8) is 0 Å². The van der Waals surface area contributed by atoms with Gasteiger partial charge < -0.3 is 9.88 Å². The Bertz CT molecular complexity index is 1280. The molecule has 1 aliphatic rings. The SMILES string of the molecule is C=CCCC(C(=O)NC)N(C)Cc1cc(CCC2CCCCN2Cc2nc3ccccc3n2C)ccc1C=C. The molecule has 1 amide bonds. The Morgan fingerprint density at radius 1 is 1.23 bits per heavy atom. The van der Waals surface area contributed by atoms with Gasteiger partial charge >= 0.3 is 0 Å². The number of carbonyl (C=O) groups excluding carboxylic acids is 1. The van der Waals surface area contributed by atoms with E-state index in [0.717, 1.165) is 55.7 Å². The van der Waals surface area contributed by atoms with E-state index in [0.29, 0.717) is 12.6 Å². The number of hydrogen-bond acceptors (Lipinski definition) is 4. The maximum atomic E-state index is 12.6. The van der Waals surface area contributed by atoms with Gasteiger partial charge in [0.15, 0.2) is 0 Å². The molecule has 0 aliphatic carbocycles. The fraction of sp³-hybridized carbons (Fsp3) is 0.455. The largest absolute Gasteiger partial charge is 0.358 e. The average Bonchev–Trinajstić information content (AvgIpc) is 3.27. The van der Waals surface area contributed by atoms with Crippen LogP contribution in [0.25, 0.3) is 17.1 Å². The Balaban J connectivity index is 1.44. The molecule has 39 heavy (non-hydrogen) atoms. The third kappa shape index (κ3) is 7.06. The minimum absolute atomic E-state index is 0.0497. The number of carbonyl (C=O) groups is 1. The molecule has 4 rings (SSSR count). The van der Waals surface area contributed by atoms with Crippen molar-refractivity contribution in [1.29, 1.82) is 0 Å². The number of piperidine rings is 1. The quantitative estimate of drug-likeness (QED) is 0.289. The zero-order valence-electron chi connectivity index (χ0n) is 24.0. The lowest BCUT2D eigenvalue weighted by Crippen LogP contribution is -2.43. The number of hydrogen-bond donors (Lipinski definition) is 1. The number of amides is 1. The summed E-state index contributed by atoms with van der Waals surface area (Å²) >= 11 is 0. The second-order valence-corrected chi connectivity index (χ2v) is 10.9. The van der Waals surface area contributed by atoms with Gasteiger partial charge in [0.05, 0.1) is 23.6 Å². The Labute approximate surface area is 234 Å². The Kier molecular flexibility index (Phi) is 10.1. The van der Waals surface area contributed by atoms with E-state index in [1.165, 1.54) is 35.9 Å². The summed E-state index contributed by atoms with van der Waals surface area (Å²) in [6, 6.07) is 15.5. The number of nitrogens with zero attached hydrogens (tertiary/aromatic N) is 4. The highest BCUT2D eigenvalue weighted by molar-refractivity contribution is 5.81. The van der Waals surface area contributed by atoms with E-state index in [2.05, 4.69) is 82.4 Å². The predicted octanol–water partition coefficient (Wildman–Crippen LogP) is 5.72. The molecule has 1 aromatic heterocycles. The molecule has 2 atom stereocenters. The summed E-state index contributed by atoms with van der Waals surface area (Å²) in [5, 5.41) is 2.82. The molecule has 6 nitrogen and oxygen atoms in total. The molecule has 0 bridgehead atoms. The first-order valence-corrected chi connectivity index (χ1v) is 14.4. The lowest BCUT2D eigenvalue weighted by atomic mass is 9.94. The van der Waals surface area contributed by atoms with Crippen LogP contribution >= 0.6 is 0 Å². The van der Waals surface area contributed by atoms with Crippen LogP contribution in [-0.2, 0) is 31.4 Å². The fourth-order valence-electron chi connectivity index (χ4n) is 5.97. The van der Waals surface area contributed by atoms with Gasteiger partial charge in [0.25, 0.3) is 0 Å². The molecule has 1 fully saturated rings. The molecular formula is C33H45N5O. The summed E-state index contributed by atoms with van der Waals surface area (Å²) in [6.45, 7) is 10.6. The number of imidazole rings is 1. The summed E-state index contributed by atoms with van der Waals surface area (Å²) in [6.07, 6.45) is 11.3. The number of rotatable bonds is 13. The first-order chi connectivity index (χ1) is 18.9. The Morgan fingerprint density at radius 3 is 2.79 bits per heavy atom. The van der Waals surface area contributed by atoms with Crippen LogP contribution in [-0.4, -0.2) is 58.0 Å². The number of benzene rings is 2. The number of allylic oxidation sites excluding steroid dienone is 1. The third-order valence-corrected chi connectivity index (χ3v) is 8.31. The van der Waals surface area contributed by atoms with Crippen LogP contribution in [0.4, 0.5) is 0 Å². The molecule has 3 aromatic rings. The second-order valence-electron chi connectivity index (χ2n) is 10.9. The molecule has 208 valence electrons. The first-order valence-electron chi connectivity index (χ1n) is 14.4. The average molecular weight is 528 g/mol. The molecule has 1 saturated heterocycles. The van der Waals surface area contributed by atoms with E-state index < -0.39 is 0 Å². The highest BCUT2D eigenvalue weighted by Crippen LogP contribution is 2.26. The lowest BCUT2D eigenvalue weighted by molar-refractivity contribution is -0.125. The standard InChI is InChI=1S/C33H45N5O/c1-6-8-15-31(33(39)34-3)36(4)23-27-22-25(17-19-26(27)7-2)18-20-28-13-11-12-21-38(28)24-32-35-29-14-9-10-16-30(29)37(32)5/h6-7,9-10,14,16-17,19,22,28,31H,1-2,8,11-13,15,18,20-21,23-24H2,3-5H3,(H,34,39). The van der Waals surface area contributed by atoms with Crippen LogP contribution in [0.15, 0.2) is 61.7 Å². The van der Waals surface area contributed by atoms with Crippen LogP contribution in [0.5, 0.6) is 0 Å². The Morgan fingerprint density at radius 2 is 2.05 bits per heavy atom. The molecule has 0 radical (unpaired) electrons. The zero-order valence-corrected chi connectivity index (χ0v) is 24.0. The minimum atomic E-state index is -0.187. The summed E-state index contributed by atoms with van der Waals surface area (Å²) in [5.41, 5.74) is 5.97. The number of nitrogens with one attached hydrogen (secondary N) is 1. The van der Waals surface area contributed by atoms with Crippen molar-refractivity contribution < 1.29 is 4.79 Å². The molecule has 1 aliphatic heterocycles. The molecular weight excluding hydrogens is 482 g/mol. The van der Waals surface area contributed by atoms with E-state index in [1.807, 2.05) is 19.2 Å². The van der Waals surface area contributed by atoms with E-state index in [9.17, 15) is 4.79 Å². The number of aromatic nitrogens is 2. The topological polar surface area (TPSA) is 53.4 Å². The van der Waals surface area contributed by atoms with Gasteiger partial charge in [-0.05, 0) is 80.9 Å². The van der Waals surface area contributed by atoms with Crippen molar-refractivity contribution in [2.75, 3.05) is 20.6 Å². The van der Waals surface area contributed by atoms with Gasteiger partial charge in [-0.15, -0.1) is 6.58 Å². The highest BCUT2D eigenvalue weighted by atomic mass is 16.2. The van der Waals surface area contributed by atoms with Crippen LogP contribution < -0.4 is 5.32 Å². The van der Waals surface area contributed by atoms with Crippen LogP contribution in [0.3, 0.4) is 0 Å². The second kappa shape index (κ2) is 13.7. The van der Waals surface area contributed by atoms with Gasteiger partial charge in [-0.1, -0.05) is 55.5 Å². The summed E-state index contributed by atoms with van der Waals surface area (Å²) in [7, 11) is 5.87. The molecule has 0 spiro atoms. The van der Waals surface area contributed by atoms with Crippen molar-refractivity contribution in [3.05, 3.63) is 84.2 Å². The van der Waals surface area contributed by atoms with Gasteiger partial charge in [0, 0.05) is 26.7 Å². The van der Waals surface area contributed by atoms with Gasteiger partial charge in [-0.3, -0.25) is 14.6 Å². The number of likely N-dealkylation sites (N-methyl/N-ethyl adjacent to an activating group) is 2. The number of para-hydroxylation sites is 2. The van der Waals surface area contributed by atoms with E-state index in [4.69, 9.17) is 4.98 Å². The Hall–Kier alpha value is -3.22. The first kappa shape index (κ1) is 28.8. The minimum Gasteiger partial charge on any atom is -0.358 e. The highest BCUT2D eigenvalue weighted by Gasteiger charge is 2.25. The molecule has 2 heterocycles. The van der Waals surface area contributed by atoms with Crippen molar-refractivity contribution in [1.82, 2.24) is 24.7 Å². The summed E-state index contributed by atoms with van der Waals surface area (Å²) in [5.74, 6) is 1.19. The van der Waals surface area contributed by atoms with Crippen molar-refractivity contribution >= 4 is 23.0 Å². The number of fused-ring (bicyclic) bond motifs is 1. The van der Waals surface area contributed by atoms with Crippen molar-refractivity contribution in [2.24, 2.45) is 7.05 Å². The summed E-state index contributed by atoms with van der Waals surface area (Å²) in [4.78, 5) is 22.3. The van der Waals surface area contributed by atoms with Crippen LogP contribution in [0.1, 0.15) is 61.0 Å². The monoisotopic (exact) mass is 527 g/mol. The molecule has 1 N–H and O–H groups in total. The predicted molar refractivity (Wildman–Crippen MR) is 162 cm³/mol. The van der Waals surface area contributed by atoms with Crippen LogP contribution in [0.2, 0.25) is 0 Å². The number of aryl methyl sites for hydroxylation is 2. The maximum Gasteiger partial charge on any atom is 0.237 e. The van der Waals surface area contributed by atoms with Gasteiger partial charge in [-0.25, -0.2) is 4.98 Å². The van der Waals surface area contributed by atoms with E-state index in [1.54, 1.807) is 7.05 Å². The molecule has 6 heteroatoms. The van der Waals surface area contributed by atoms with Gasteiger partial charge in [0.1, 0.15) is 5.82 Å².